The van der Waals surface area contributed by atoms with Crippen LogP contribution in [0.4, 0.5) is 0 Å². The maximum atomic E-state index is 11.3. The Balaban J connectivity index is 1.79. The van der Waals surface area contributed by atoms with Gasteiger partial charge in [0.1, 0.15) is 0 Å². The summed E-state index contributed by atoms with van der Waals surface area (Å²) >= 11 is 1.65. The summed E-state index contributed by atoms with van der Waals surface area (Å²) in [7, 11) is 0. The Bertz CT molecular complexity index is 374. The highest BCUT2D eigenvalue weighted by Crippen LogP contribution is 2.19. The number of aliphatic carboxylic acids is 1. The van der Waals surface area contributed by atoms with E-state index >= 15 is 0 Å². The first-order valence-electron chi connectivity index (χ1n) is 4.72. The monoisotopic (exact) mass is 225 g/mol. The molecule has 1 aromatic rings. The van der Waals surface area contributed by atoms with Crippen LogP contribution in [0.1, 0.15) is 4.88 Å². The van der Waals surface area contributed by atoms with Gasteiger partial charge in [-0.15, -0.1) is 11.3 Å². The third-order valence-corrected chi connectivity index (χ3v) is 3.46. The SMILES string of the molecule is O=C(O)C1CN(CCc2cccs2)C1=O. The second kappa shape index (κ2) is 4.02. The quantitative estimate of drug-likeness (QED) is 0.610. The zero-order valence-electron chi connectivity index (χ0n) is 8.05. The van der Waals surface area contributed by atoms with Crippen molar-refractivity contribution in [1.82, 2.24) is 4.90 Å². The van der Waals surface area contributed by atoms with Crippen molar-refractivity contribution in [2.75, 3.05) is 13.1 Å². The van der Waals surface area contributed by atoms with Crippen LogP contribution >= 0.6 is 11.3 Å². The molecule has 1 atom stereocenters. The Morgan fingerprint density at radius 1 is 1.67 bits per heavy atom. The summed E-state index contributed by atoms with van der Waals surface area (Å²) in [6.07, 6.45) is 0.815. The molecule has 1 aromatic heterocycles. The fraction of sp³-hybridized carbons (Fsp3) is 0.400. The van der Waals surface area contributed by atoms with Gasteiger partial charge >= 0.3 is 5.97 Å². The molecule has 1 saturated heterocycles. The maximum absolute atomic E-state index is 11.3. The second-order valence-corrected chi connectivity index (χ2v) is 4.54. The van der Waals surface area contributed by atoms with Gasteiger partial charge in [0.05, 0.1) is 0 Å². The zero-order chi connectivity index (χ0) is 10.8. The van der Waals surface area contributed by atoms with Crippen molar-refractivity contribution >= 4 is 23.2 Å². The predicted molar refractivity (Wildman–Crippen MR) is 55.7 cm³/mol. The van der Waals surface area contributed by atoms with Gasteiger partial charge in [0, 0.05) is 18.0 Å². The van der Waals surface area contributed by atoms with Gasteiger partial charge in [-0.05, 0) is 17.9 Å². The minimum Gasteiger partial charge on any atom is -0.481 e. The molecule has 80 valence electrons. The molecule has 4 nitrogen and oxygen atoms in total. The number of rotatable bonds is 4. The van der Waals surface area contributed by atoms with Gasteiger partial charge in [-0.1, -0.05) is 6.07 Å². The van der Waals surface area contributed by atoms with Crippen molar-refractivity contribution in [3.63, 3.8) is 0 Å². The van der Waals surface area contributed by atoms with Crippen molar-refractivity contribution in [3.8, 4) is 0 Å². The molecule has 1 N–H and O–H groups in total. The molecule has 2 rings (SSSR count). The smallest absolute Gasteiger partial charge is 0.317 e. The Hall–Kier alpha value is -1.36. The number of nitrogens with zero attached hydrogens (tertiary/aromatic N) is 1. The zero-order valence-corrected chi connectivity index (χ0v) is 8.87. The molecular weight excluding hydrogens is 214 g/mol. The average molecular weight is 225 g/mol. The lowest BCUT2D eigenvalue weighted by atomic mass is 9.99. The highest BCUT2D eigenvalue weighted by Gasteiger charge is 2.41. The molecule has 0 radical (unpaired) electrons. The first-order chi connectivity index (χ1) is 7.18. The first kappa shape index (κ1) is 10.2. The number of likely N-dealkylation sites (tertiary alicyclic amines) is 1. The van der Waals surface area contributed by atoms with Crippen molar-refractivity contribution in [3.05, 3.63) is 22.4 Å². The van der Waals surface area contributed by atoms with Crippen LogP contribution < -0.4 is 0 Å². The number of carboxylic acid groups (broad SMARTS) is 1. The Labute approximate surface area is 91.1 Å². The first-order valence-corrected chi connectivity index (χ1v) is 5.60. The Morgan fingerprint density at radius 3 is 3.00 bits per heavy atom. The largest absolute Gasteiger partial charge is 0.481 e. The van der Waals surface area contributed by atoms with Crippen LogP contribution in [0.25, 0.3) is 0 Å². The van der Waals surface area contributed by atoms with E-state index in [1.807, 2.05) is 17.5 Å². The van der Waals surface area contributed by atoms with Crippen molar-refractivity contribution < 1.29 is 14.7 Å². The van der Waals surface area contributed by atoms with Gasteiger partial charge in [-0.2, -0.15) is 0 Å². The van der Waals surface area contributed by atoms with E-state index in [1.165, 1.54) is 4.88 Å². The molecule has 15 heavy (non-hydrogen) atoms. The van der Waals surface area contributed by atoms with Crippen molar-refractivity contribution in [2.45, 2.75) is 6.42 Å². The summed E-state index contributed by atoms with van der Waals surface area (Å²) in [6, 6.07) is 3.99. The van der Waals surface area contributed by atoms with Crippen LogP contribution in [0.5, 0.6) is 0 Å². The van der Waals surface area contributed by atoms with Crippen LogP contribution in [0.3, 0.4) is 0 Å². The number of carboxylic acids is 1. The summed E-state index contributed by atoms with van der Waals surface area (Å²) in [5, 5.41) is 10.6. The van der Waals surface area contributed by atoms with Gasteiger partial charge in [0.25, 0.3) is 0 Å². The van der Waals surface area contributed by atoms with E-state index in [-0.39, 0.29) is 5.91 Å². The lowest BCUT2D eigenvalue weighted by molar-refractivity contribution is -0.161. The van der Waals surface area contributed by atoms with E-state index in [0.29, 0.717) is 13.1 Å². The Kier molecular flexibility index (Phi) is 2.73. The molecule has 1 aliphatic heterocycles. The average Bonchev–Trinajstić information content (AvgIpc) is 2.67. The fourth-order valence-corrected chi connectivity index (χ4v) is 2.28. The van der Waals surface area contributed by atoms with E-state index in [0.717, 1.165) is 6.42 Å². The molecule has 0 spiro atoms. The number of carbonyl (C=O) groups excluding carboxylic acids is 1. The number of hydrogen-bond acceptors (Lipinski definition) is 3. The van der Waals surface area contributed by atoms with E-state index in [4.69, 9.17) is 5.11 Å². The van der Waals surface area contributed by atoms with Gasteiger partial charge in [-0.3, -0.25) is 9.59 Å². The number of hydrogen-bond donors (Lipinski definition) is 1. The number of thiophene rings is 1. The lowest BCUT2D eigenvalue weighted by Crippen LogP contribution is -2.56. The number of carbonyl (C=O) groups is 2. The summed E-state index contributed by atoms with van der Waals surface area (Å²) in [6.45, 7) is 0.989. The van der Waals surface area contributed by atoms with E-state index < -0.39 is 11.9 Å². The summed E-state index contributed by atoms with van der Waals surface area (Å²) < 4.78 is 0. The Morgan fingerprint density at radius 2 is 2.47 bits per heavy atom. The molecule has 0 aliphatic carbocycles. The predicted octanol–water partition coefficient (Wildman–Crippen LogP) is 0.834. The normalized spacial score (nSPS) is 20.1. The standard InChI is InChI=1S/C10H11NO3S/c12-9-8(10(13)14)6-11(9)4-3-7-2-1-5-15-7/h1-2,5,8H,3-4,6H2,(H,13,14). The molecule has 0 saturated carbocycles. The number of β-lactam (4-membered cyclic amide) rings is 1. The third-order valence-electron chi connectivity index (χ3n) is 2.52. The summed E-state index contributed by atoms with van der Waals surface area (Å²) in [4.78, 5) is 24.7. The molecule has 2 heterocycles. The van der Waals surface area contributed by atoms with Gasteiger partial charge in [0.2, 0.25) is 5.91 Å². The molecule has 1 aliphatic rings. The maximum Gasteiger partial charge on any atom is 0.317 e. The molecule has 0 bridgehead atoms. The molecule has 1 fully saturated rings. The van der Waals surface area contributed by atoms with Crippen LogP contribution in [-0.2, 0) is 16.0 Å². The highest BCUT2D eigenvalue weighted by molar-refractivity contribution is 7.09. The molecule has 0 aromatic carbocycles. The topological polar surface area (TPSA) is 57.6 Å². The molecule has 5 heteroatoms. The van der Waals surface area contributed by atoms with Crippen molar-refractivity contribution in [1.29, 1.82) is 0 Å². The third kappa shape index (κ3) is 2.02. The summed E-state index contributed by atoms with van der Waals surface area (Å²) in [5.74, 6) is -2.06. The van der Waals surface area contributed by atoms with Crippen LogP contribution in [0.2, 0.25) is 0 Å². The van der Waals surface area contributed by atoms with Crippen molar-refractivity contribution in [2.24, 2.45) is 5.92 Å². The summed E-state index contributed by atoms with van der Waals surface area (Å²) in [5.41, 5.74) is 0. The second-order valence-electron chi connectivity index (χ2n) is 3.50. The van der Waals surface area contributed by atoms with Gasteiger partial charge in [0.15, 0.2) is 5.92 Å². The van der Waals surface area contributed by atoms with Gasteiger partial charge in [-0.25, -0.2) is 0 Å². The molecule has 1 unspecified atom stereocenters. The highest BCUT2D eigenvalue weighted by atomic mass is 32.1. The van der Waals surface area contributed by atoms with Crippen LogP contribution in [0, 0.1) is 5.92 Å². The lowest BCUT2D eigenvalue weighted by Gasteiger charge is -2.35. The van der Waals surface area contributed by atoms with Crippen LogP contribution in [0.15, 0.2) is 17.5 Å². The van der Waals surface area contributed by atoms with E-state index in [2.05, 4.69) is 0 Å². The number of amides is 1. The van der Waals surface area contributed by atoms with E-state index in [9.17, 15) is 9.59 Å². The molecule has 1 amide bonds. The molecular formula is C10H11NO3S. The van der Waals surface area contributed by atoms with Gasteiger partial charge < -0.3 is 10.0 Å². The minimum atomic E-state index is -1.01. The van der Waals surface area contributed by atoms with Crippen LogP contribution in [-0.4, -0.2) is 35.0 Å². The minimum absolute atomic E-state index is 0.251. The fourth-order valence-electron chi connectivity index (χ4n) is 1.58. The van der Waals surface area contributed by atoms with E-state index in [1.54, 1.807) is 16.2 Å².